The Balaban J connectivity index is 2.28. The Labute approximate surface area is 101 Å². The maximum atomic E-state index is 12.1. The topological polar surface area (TPSA) is 55.6 Å². The van der Waals surface area contributed by atoms with Crippen LogP contribution in [0.25, 0.3) is 0 Å². The monoisotopic (exact) mass is 234 g/mol. The van der Waals surface area contributed by atoms with Crippen LogP contribution < -0.4 is 15.4 Å². The molecular weight excluding hydrogens is 216 g/mol. The summed E-state index contributed by atoms with van der Waals surface area (Å²) in [6.07, 6.45) is 0.0136. The molecule has 1 aliphatic heterocycles. The Morgan fingerprint density at radius 2 is 2.06 bits per heavy atom. The molecule has 2 N–H and O–H groups in total. The van der Waals surface area contributed by atoms with Crippen molar-refractivity contribution in [2.75, 3.05) is 11.9 Å². The average molecular weight is 234 g/mol. The highest BCUT2D eigenvalue weighted by molar-refractivity contribution is 5.99. The minimum absolute atomic E-state index is 0.0396. The van der Waals surface area contributed by atoms with E-state index in [0.717, 1.165) is 11.4 Å². The fourth-order valence-electron chi connectivity index (χ4n) is 1.98. The van der Waals surface area contributed by atoms with Crippen LogP contribution in [0, 0.1) is 0 Å². The minimum Gasteiger partial charge on any atom is -0.478 e. The van der Waals surface area contributed by atoms with Gasteiger partial charge in [-0.3, -0.25) is 4.79 Å². The standard InChI is InChI=1S/C13H18N2O2/c1-13(2,14)8-11-12(16)15(3)9-6-4-5-7-10(9)17-11/h4-7,11H,8,14H2,1-3H3. The number of hydrogen-bond donors (Lipinski definition) is 1. The number of nitrogens with two attached hydrogens (primary N) is 1. The van der Waals surface area contributed by atoms with Crippen LogP contribution in [-0.2, 0) is 4.79 Å². The maximum Gasteiger partial charge on any atom is 0.267 e. The van der Waals surface area contributed by atoms with Crippen molar-refractivity contribution in [2.45, 2.75) is 31.9 Å². The van der Waals surface area contributed by atoms with E-state index in [-0.39, 0.29) is 5.91 Å². The van der Waals surface area contributed by atoms with E-state index in [4.69, 9.17) is 10.5 Å². The number of hydrogen-bond acceptors (Lipinski definition) is 3. The van der Waals surface area contributed by atoms with Crippen molar-refractivity contribution in [3.8, 4) is 5.75 Å². The third-order valence-electron chi connectivity index (χ3n) is 2.81. The van der Waals surface area contributed by atoms with E-state index in [0.29, 0.717) is 6.42 Å². The third-order valence-corrected chi connectivity index (χ3v) is 2.81. The molecule has 0 radical (unpaired) electrons. The normalized spacial score (nSPS) is 19.9. The number of carbonyl (C=O) groups is 1. The number of rotatable bonds is 2. The zero-order valence-corrected chi connectivity index (χ0v) is 10.4. The summed E-state index contributed by atoms with van der Waals surface area (Å²) >= 11 is 0. The lowest BCUT2D eigenvalue weighted by Crippen LogP contribution is -2.49. The van der Waals surface area contributed by atoms with E-state index < -0.39 is 11.6 Å². The minimum atomic E-state index is -0.491. The van der Waals surface area contributed by atoms with Gasteiger partial charge in [-0.2, -0.15) is 0 Å². The first-order chi connectivity index (χ1) is 7.88. The van der Waals surface area contributed by atoms with Gasteiger partial charge in [0.25, 0.3) is 5.91 Å². The predicted molar refractivity (Wildman–Crippen MR) is 67.2 cm³/mol. The van der Waals surface area contributed by atoms with Crippen LogP contribution in [0.4, 0.5) is 5.69 Å². The van der Waals surface area contributed by atoms with Crippen LogP contribution in [0.3, 0.4) is 0 Å². The molecule has 0 saturated heterocycles. The molecule has 92 valence electrons. The van der Waals surface area contributed by atoms with Crippen LogP contribution in [-0.4, -0.2) is 24.6 Å². The van der Waals surface area contributed by atoms with Gasteiger partial charge in [0.05, 0.1) is 5.69 Å². The van der Waals surface area contributed by atoms with Gasteiger partial charge in [0.15, 0.2) is 6.10 Å². The molecule has 1 aromatic rings. The molecule has 0 bridgehead atoms. The first kappa shape index (κ1) is 11.9. The van der Waals surface area contributed by atoms with E-state index >= 15 is 0 Å². The molecule has 1 unspecified atom stereocenters. The highest BCUT2D eigenvalue weighted by atomic mass is 16.5. The molecule has 0 fully saturated rings. The summed E-state index contributed by atoms with van der Waals surface area (Å²) in [6, 6.07) is 7.53. The lowest BCUT2D eigenvalue weighted by atomic mass is 9.96. The van der Waals surface area contributed by atoms with Crippen molar-refractivity contribution in [1.29, 1.82) is 0 Å². The van der Waals surface area contributed by atoms with Crippen LogP contribution >= 0.6 is 0 Å². The Morgan fingerprint density at radius 3 is 2.71 bits per heavy atom. The molecule has 0 aliphatic carbocycles. The number of anilines is 1. The van der Waals surface area contributed by atoms with Crippen molar-refractivity contribution in [2.24, 2.45) is 5.73 Å². The average Bonchev–Trinajstić information content (AvgIpc) is 2.24. The van der Waals surface area contributed by atoms with Crippen LogP contribution in [0.2, 0.25) is 0 Å². The van der Waals surface area contributed by atoms with Crippen LogP contribution in [0.5, 0.6) is 5.75 Å². The number of likely N-dealkylation sites (N-methyl/N-ethyl adjacent to an activating group) is 1. The van der Waals surface area contributed by atoms with Crippen molar-refractivity contribution in [3.63, 3.8) is 0 Å². The van der Waals surface area contributed by atoms with Crippen molar-refractivity contribution in [1.82, 2.24) is 0 Å². The number of nitrogens with zero attached hydrogens (tertiary/aromatic N) is 1. The summed E-state index contributed by atoms with van der Waals surface area (Å²) < 4.78 is 5.72. The molecule has 1 atom stereocenters. The van der Waals surface area contributed by atoms with E-state index in [2.05, 4.69) is 0 Å². The number of fused-ring (bicyclic) bond motifs is 1. The SMILES string of the molecule is CN1C(=O)C(CC(C)(C)N)Oc2ccccc21. The number of para-hydroxylation sites is 2. The van der Waals surface area contributed by atoms with Crippen LogP contribution in [0.15, 0.2) is 24.3 Å². The van der Waals surface area contributed by atoms with Gasteiger partial charge in [-0.1, -0.05) is 12.1 Å². The summed E-state index contributed by atoms with van der Waals surface area (Å²) in [4.78, 5) is 13.7. The van der Waals surface area contributed by atoms with Gasteiger partial charge in [-0.25, -0.2) is 0 Å². The van der Waals surface area contributed by atoms with Crippen molar-refractivity contribution in [3.05, 3.63) is 24.3 Å². The highest BCUT2D eigenvalue weighted by Gasteiger charge is 2.34. The molecule has 0 saturated carbocycles. The molecule has 4 heteroatoms. The highest BCUT2D eigenvalue weighted by Crippen LogP contribution is 2.34. The summed E-state index contributed by atoms with van der Waals surface area (Å²) in [6.45, 7) is 3.79. The van der Waals surface area contributed by atoms with E-state index in [1.165, 1.54) is 0 Å². The summed E-state index contributed by atoms with van der Waals surface area (Å²) in [5.41, 5.74) is 6.33. The molecule has 0 aromatic heterocycles. The lowest BCUT2D eigenvalue weighted by molar-refractivity contribution is -0.126. The second-order valence-electron chi connectivity index (χ2n) is 5.16. The molecule has 1 heterocycles. The van der Waals surface area contributed by atoms with Crippen molar-refractivity contribution >= 4 is 11.6 Å². The van der Waals surface area contributed by atoms with Gasteiger partial charge in [-0.05, 0) is 26.0 Å². The van der Waals surface area contributed by atoms with E-state index in [1.54, 1.807) is 11.9 Å². The van der Waals surface area contributed by atoms with E-state index in [1.807, 2.05) is 38.1 Å². The molecular formula is C13H18N2O2. The molecule has 1 aliphatic rings. The quantitative estimate of drug-likeness (QED) is 0.844. The zero-order chi connectivity index (χ0) is 12.6. The molecule has 4 nitrogen and oxygen atoms in total. The maximum absolute atomic E-state index is 12.1. The third kappa shape index (κ3) is 2.42. The fraction of sp³-hybridized carbons (Fsp3) is 0.462. The Hall–Kier alpha value is -1.55. The lowest BCUT2D eigenvalue weighted by Gasteiger charge is -2.34. The molecule has 0 spiro atoms. The first-order valence-corrected chi connectivity index (χ1v) is 5.70. The van der Waals surface area contributed by atoms with Gasteiger partial charge in [0.1, 0.15) is 5.75 Å². The second-order valence-corrected chi connectivity index (χ2v) is 5.16. The zero-order valence-electron chi connectivity index (χ0n) is 10.4. The predicted octanol–water partition coefficient (Wildman–Crippen LogP) is 1.54. The second kappa shape index (κ2) is 4.04. The number of amides is 1. The smallest absolute Gasteiger partial charge is 0.267 e. The summed E-state index contributed by atoms with van der Waals surface area (Å²) in [5.74, 6) is 0.700. The number of ether oxygens (including phenoxy) is 1. The Bertz CT molecular complexity index is 437. The number of benzene rings is 1. The first-order valence-electron chi connectivity index (χ1n) is 5.70. The van der Waals surface area contributed by atoms with Gasteiger partial charge >= 0.3 is 0 Å². The summed E-state index contributed by atoms with van der Waals surface area (Å²) in [7, 11) is 1.76. The largest absolute Gasteiger partial charge is 0.478 e. The van der Waals surface area contributed by atoms with Gasteiger partial charge in [-0.15, -0.1) is 0 Å². The molecule has 1 amide bonds. The molecule has 17 heavy (non-hydrogen) atoms. The van der Waals surface area contributed by atoms with E-state index in [9.17, 15) is 4.79 Å². The Morgan fingerprint density at radius 1 is 1.41 bits per heavy atom. The van der Waals surface area contributed by atoms with Crippen LogP contribution in [0.1, 0.15) is 20.3 Å². The number of carbonyl (C=O) groups excluding carboxylic acids is 1. The van der Waals surface area contributed by atoms with Gasteiger partial charge in [0.2, 0.25) is 0 Å². The van der Waals surface area contributed by atoms with Gasteiger partial charge in [0, 0.05) is 19.0 Å². The summed E-state index contributed by atoms with van der Waals surface area (Å²) in [5, 5.41) is 0. The van der Waals surface area contributed by atoms with Crippen molar-refractivity contribution < 1.29 is 9.53 Å². The van der Waals surface area contributed by atoms with Gasteiger partial charge < -0.3 is 15.4 Å². The molecule has 1 aromatic carbocycles. The Kier molecular flexibility index (Phi) is 2.83. The molecule has 2 rings (SSSR count). The fourth-order valence-corrected chi connectivity index (χ4v) is 1.98.